The van der Waals surface area contributed by atoms with E-state index in [4.69, 9.17) is 11.6 Å². The predicted octanol–water partition coefficient (Wildman–Crippen LogP) is 5.12. The molecule has 1 aliphatic heterocycles. The Bertz CT molecular complexity index is 649. The molecule has 0 bridgehead atoms. The molecule has 1 aliphatic rings. The van der Waals surface area contributed by atoms with Crippen LogP contribution in [0, 0.1) is 6.92 Å². The molecule has 1 atom stereocenters. The van der Waals surface area contributed by atoms with Gasteiger partial charge in [0.15, 0.2) is 0 Å². The smallest absolute Gasteiger partial charge is 0.263 e. The number of halogens is 1. The van der Waals surface area contributed by atoms with Gasteiger partial charge < -0.3 is 4.90 Å². The third-order valence-electron chi connectivity index (χ3n) is 4.24. The van der Waals surface area contributed by atoms with Crippen molar-refractivity contribution < 1.29 is 4.79 Å². The van der Waals surface area contributed by atoms with Crippen molar-refractivity contribution in [3.05, 3.63) is 56.7 Å². The lowest BCUT2D eigenvalue weighted by Crippen LogP contribution is -2.33. The Hall–Kier alpha value is -1.32. The lowest BCUT2D eigenvalue weighted by molar-refractivity contribution is 0.0759. The summed E-state index contributed by atoms with van der Waals surface area (Å²) in [5, 5.41) is 2.81. The second-order valence-electron chi connectivity index (χ2n) is 5.98. The molecule has 22 heavy (non-hydrogen) atoms. The normalized spacial score (nSPS) is 19.0. The number of carbonyl (C=O) groups excluding carboxylic acids is 1. The molecular weight excluding hydrogens is 314 g/mol. The Morgan fingerprint density at radius 2 is 2.05 bits per heavy atom. The quantitative estimate of drug-likeness (QED) is 0.747. The number of aryl methyl sites for hydroxylation is 1. The lowest BCUT2D eigenvalue weighted by atomic mass is 9.94. The van der Waals surface area contributed by atoms with Crippen molar-refractivity contribution in [2.45, 2.75) is 32.1 Å². The largest absolute Gasteiger partial charge is 0.337 e. The van der Waals surface area contributed by atoms with Crippen LogP contribution < -0.4 is 0 Å². The van der Waals surface area contributed by atoms with Gasteiger partial charge in [-0.15, -0.1) is 11.3 Å². The predicted molar refractivity (Wildman–Crippen MR) is 93.0 cm³/mol. The number of amides is 1. The van der Waals surface area contributed by atoms with Crippen LogP contribution in [-0.4, -0.2) is 23.9 Å². The zero-order chi connectivity index (χ0) is 15.5. The maximum atomic E-state index is 12.7. The van der Waals surface area contributed by atoms with Crippen LogP contribution in [-0.2, 0) is 0 Å². The van der Waals surface area contributed by atoms with Crippen molar-refractivity contribution in [3.8, 4) is 0 Å². The highest BCUT2D eigenvalue weighted by Gasteiger charge is 2.24. The van der Waals surface area contributed by atoms with Gasteiger partial charge in [0.05, 0.1) is 4.88 Å². The first-order chi connectivity index (χ1) is 10.6. The molecule has 1 amide bonds. The van der Waals surface area contributed by atoms with Crippen LogP contribution in [0.15, 0.2) is 35.7 Å². The fourth-order valence-electron chi connectivity index (χ4n) is 3.03. The van der Waals surface area contributed by atoms with E-state index in [1.165, 1.54) is 12.0 Å². The molecule has 4 heteroatoms. The molecule has 1 unspecified atom stereocenters. The van der Waals surface area contributed by atoms with E-state index in [1.54, 1.807) is 11.3 Å². The molecule has 0 saturated carbocycles. The monoisotopic (exact) mass is 333 g/mol. The minimum Gasteiger partial charge on any atom is -0.337 e. The minimum absolute atomic E-state index is 0.180. The summed E-state index contributed by atoms with van der Waals surface area (Å²) >= 11 is 7.53. The molecule has 0 aliphatic carbocycles. The number of benzene rings is 1. The Labute approximate surface area is 140 Å². The summed E-state index contributed by atoms with van der Waals surface area (Å²) in [5.41, 5.74) is 2.45. The van der Waals surface area contributed by atoms with E-state index < -0.39 is 0 Å². The maximum Gasteiger partial charge on any atom is 0.263 e. The van der Waals surface area contributed by atoms with Gasteiger partial charge in [-0.2, -0.15) is 0 Å². The summed E-state index contributed by atoms with van der Waals surface area (Å²) in [5.74, 6) is 0.587. The molecule has 1 saturated heterocycles. The Balaban J connectivity index is 1.77. The Kier molecular flexibility index (Phi) is 4.84. The van der Waals surface area contributed by atoms with Gasteiger partial charge in [0.25, 0.3) is 5.91 Å². The third-order valence-corrected chi connectivity index (χ3v) is 5.53. The minimum atomic E-state index is 0.180. The van der Waals surface area contributed by atoms with E-state index >= 15 is 0 Å². The van der Waals surface area contributed by atoms with Crippen LogP contribution >= 0.6 is 22.9 Å². The molecule has 0 radical (unpaired) electrons. The van der Waals surface area contributed by atoms with Gasteiger partial charge >= 0.3 is 0 Å². The third kappa shape index (κ3) is 3.53. The standard InChI is InChI=1S/C18H20ClNOS/c1-13-10-17(22-12-13)18(21)20-9-3-2-4-15(11-20)14-5-7-16(19)8-6-14/h5-8,10,12,15H,2-4,9,11H2,1H3. The van der Waals surface area contributed by atoms with Crippen molar-refractivity contribution in [3.63, 3.8) is 0 Å². The average molecular weight is 334 g/mol. The van der Waals surface area contributed by atoms with Gasteiger partial charge in [0.2, 0.25) is 0 Å². The highest BCUT2D eigenvalue weighted by Crippen LogP contribution is 2.29. The summed E-state index contributed by atoms with van der Waals surface area (Å²) in [6.45, 7) is 3.70. The van der Waals surface area contributed by atoms with Crippen LogP contribution in [0.3, 0.4) is 0 Å². The van der Waals surface area contributed by atoms with Crippen molar-refractivity contribution in [1.29, 1.82) is 0 Å². The van der Waals surface area contributed by atoms with E-state index in [9.17, 15) is 4.79 Å². The van der Waals surface area contributed by atoms with Crippen LogP contribution in [0.25, 0.3) is 0 Å². The van der Waals surface area contributed by atoms with E-state index in [2.05, 4.69) is 12.1 Å². The van der Waals surface area contributed by atoms with E-state index in [-0.39, 0.29) is 5.91 Å². The average Bonchev–Trinajstić information content (AvgIpc) is 2.81. The summed E-state index contributed by atoms with van der Waals surface area (Å²) in [7, 11) is 0. The Morgan fingerprint density at radius 3 is 2.73 bits per heavy atom. The molecule has 2 aromatic rings. The molecule has 2 heterocycles. The van der Waals surface area contributed by atoms with Crippen LogP contribution in [0.4, 0.5) is 0 Å². The fraction of sp³-hybridized carbons (Fsp3) is 0.389. The molecule has 2 nitrogen and oxygen atoms in total. The zero-order valence-corrected chi connectivity index (χ0v) is 14.3. The summed E-state index contributed by atoms with van der Waals surface area (Å²) in [6, 6.07) is 10.1. The summed E-state index contributed by atoms with van der Waals surface area (Å²) in [6.07, 6.45) is 3.38. The van der Waals surface area contributed by atoms with Crippen LogP contribution in [0.5, 0.6) is 0 Å². The van der Waals surface area contributed by atoms with Gasteiger partial charge in [-0.05, 0) is 54.5 Å². The van der Waals surface area contributed by atoms with Crippen molar-refractivity contribution >= 4 is 28.8 Å². The molecule has 1 aromatic heterocycles. The summed E-state index contributed by atoms with van der Waals surface area (Å²) in [4.78, 5) is 15.6. The van der Waals surface area contributed by atoms with Gasteiger partial charge in [0.1, 0.15) is 0 Å². The number of carbonyl (C=O) groups is 1. The van der Waals surface area contributed by atoms with Crippen molar-refractivity contribution in [2.75, 3.05) is 13.1 Å². The molecule has 3 rings (SSSR count). The van der Waals surface area contributed by atoms with Crippen molar-refractivity contribution in [2.24, 2.45) is 0 Å². The highest BCUT2D eigenvalue weighted by molar-refractivity contribution is 7.12. The first kappa shape index (κ1) is 15.6. The molecule has 0 spiro atoms. The maximum absolute atomic E-state index is 12.7. The SMILES string of the molecule is Cc1csc(C(=O)N2CCCCC(c3ccc(Cl)cc3)C2)c1. The second kappa shape index (κ2) is 6.84. The van der Waals surface area contributed by atoms with Gasteiger partial charge in [-0.1, -0.05) is 30.2 Å². The molecule has 1 aromatic carbocycles. The molecule has 1 fully saturated rings. The number of hydrogen-bond acceptors (Lipinski definition) is 2. The molecule has 0 N–H and O–H groups in total. The van der Waals surface area contributed by atoms with E-state index in [1.807, 2.05) is 35.4 Å². The second-order valence-corrected chi connectivity index (χ2v) is 7.33. The number of rotatable bonds is 2. The topological polar surface area (TPSA) is 20.3 Å². The fourth-order valence-corrected chi connectivity index (χ4v) is 4.02. The van der Waals surface area contributed by atoms with Crippen molar-refractivity contribution in [1.82, 2.24) is 4.90 Å². The van der Waals surface area contributed by atoms with Crippen LogP contribution in [0.2, 0.25) is 5.02 Å². The highest BCUT2D eigenvalue weighted by atomic mass is 35.5. The molecule has 116 valence electrons. The van der Waals surface area contributed by atoms with Gasteiger partial charge in [0, 0.05) is 24.0 Å². The van der Waals surface area contributed by atoms with E-state index in [0.29, 0.717) is 5.92 Å². The first-order valence-corrected chi connectivity index (χ1v) is 8.99. The Morgan fingerprint density at radius 1 is 1.27 bits per heavy atom. The first-order valence-electron chi connectivity index (χ1n) is 7.73. The van der Waals surface area contributed by atoms with E-state index in [0.717, 1.165) is 41.4 Å². The number of hydrogen-bond donors (Lipinski definition) is 0. The lowest BCUT2D eigenvalue weighted by Gasteiger charge is -2.24. The number of nitrogens with zero attached hydrogens (tertiary/aromatic N) is 1. The summed E-state index contributed by atoms with van der Waals surface area (Å²) < 4.78 is 0. The zero-order valence-electron chi connectivity index (χ0n) is 12.7. The number of likely N-dealkylation sites (tertiary alicyclic amines) is 1. The molecular formula is C18H20ClNOS. The number of thiophene rings is 1. The van der Waals surface area contributed by atoms with Crippen LogP contribution in [0.1, 0.15) is 46.0 Å². The van der Waals surface area contributed by atoms with Gasteiger partial charge in [-0.3, -0.25) is 4.79 Å². The van der Waals surface area contributed by atoms with Gasteiger partial charge in [-0.25, -0.2) is 0 Å².